The lowest BCUT2D eigenvalue weighted by Crippen LogP contribution is -2.48. The van der Waals surface area contributed by atoms with Crippen molar-refractivity contribution < 1.29 is 18.0 Å². The van der Waals surface area contributed by atoms with E-state index < -0.39 is 11.7 Å². The van der Waals surface area contributed by atoms with Gasteiger partial charge in [-0.15, -0.1) is 0 Å². The zero-order valence-electron chi connectivity index (χ0n) is 15.4. The van der Waals surface area contributed by atoms with Gasteiger partial charge in [0.25, 0.3) is 5.91 Å². The third-order valence-electron chi connectivity index (χ3n) is 4.98. The number of halogens is 3. The summed E-state index contributed by atoms with van der Waals surface area (Å²) in [5, 5.41) is 0. The Bertz CT molecular complexity index is 827. The number of aryl methyl sites for hydroxylation is 2. The average Bonchev–Trinajstić information content (AvgIpc) is 2.64. The van der Waals surface area contributed by atoms with Crippen LogP contribution in [0.25, 0.3) is 0 Å². The Morgan fingerprint density at radius 1 is 1.07 bits per heavy atom. The van der Waals surface area contributed by atoms with E-state index >= 15 is 0 Å². The highest BCUT2D eigenvalue weighted by Gasteiger charge is 2.34. The molecule has 144 valence electrons. The van der Waals surface area contributed by atoms with Crippen molar-refractivity contribution in [1.29, 1.82) is 0 Å². The molecule has 0 atom stereocenters. The van der Waals surface area contributed by atoms with Gasteiger partial charge >= 0.3 is 6.18 Å². The Morgan fingerprint density at radius 3 is 2.41 bits per heavy atom. The van der Waals surface area contributed by atoms with Gasteiger partial charge < -0.3 is 4.90 Å². The molecule has 1 fully saturated rings. The van der Waals surface area contributed by atoms with E-state index in [-0.39, 0.29) is 18.1 Å². The molecular weight excluding hydrogens is 355 g/mol. The van der Waals surface area contributed by atoms with Crippen molar-refractivity contribution >= 4 is 5.91 Å². The van der Waals surface area contributed by atoms with E-state index in [1.54, 1.807) is 4.90 Å². The first-order valence-electron chi connectivity index (χ1n) is 8.85. The summed E-state index contributed by atoms with van der Waals surface area (Å²) in [5.41, 5.74) is 2.18. The molecule has 1 aromatic carbocycles. The van der Waals surface area contributed by atoms with E-state index in [1.165, 1.54) is 12.3 Å². The van der Waals surface area contributed by atoms with Crippen LogP contribution in [0.3, 0.4) is 0 Å². The van der Waals surface area contributed by atoms with E-state index in [2.05, 4.69) is 4.98 Å². The minimum atomic E-state index is -4.41. The van der Waals surface area contributed by atoms with E-state index in [9.17, 15) is 18.0 Å². The summed E-state index contributed by atoms with van der Waals surface area (Å²) in [7, 11) is 0. The molecule has 0 N–H and O–H groups in total. The van der Waals surface area contributed by atoms with E-state index in [4.69, 9.17) is 0 Å². The summed E-state index contributed by atoms with van der Waals surface area (Å²) in [6.07, 6.45) is -3.03. The Hall–Kier alpha value is -2.41. The Balaban J connectivity index is 1.63. The number of aromatic nitrogens is 1. The number of alkyl halides is 3. The molecule has 0 radical (unpaired) electrons. The lowest BCUT2D eigenvalue weighted by molar-refractivity contribution is -0.138. The number of amides is 1. The first-order chi connectivity index (χ1) is 12.8. The van der Waals surface area contributed by atoms with Gasteiger partial charge in [-0.1, -0.05) is 6.07 Å². The molecule has 27 heavy (non-hydrogen) atoms. The summed E-state index contributed by atoms with van der Waals surface area (Å²) < 4.78 is 39.3. The minimum Gasteiger partial charge on any atom is -0.336 e. The van der Waals surface area contributed by atoms with Crippen molar-refractivity contribution in [2.24, 2.45) is 0 Å². The summed E-state index contributed by atoms with van der Waals surface area (Å²) in [6, 6.07) is 7.99. The van der Waals surface area contributed by atoms with Crippen molar-refractivity contribution in [3.05, 3.63) is 64.5 Å². The van der Waals surface area contributed by atoms with Gasteiger partial charge in [-0.05, 0) is 49.2 Å². The zero-order chi connectivity index (χ0) is 19.6. The molecule has 1 aliphatic rings. The maximum absolute atomic E-state index is 13.1. The maximum Gasteiger partial charge on any atom is 0.418 e. The number of piperazine rings is 1. The van der Waals surface area contributed by atoms with Crippen LogP contribution < -0.4 is 0 Å². The minimum absolute atomic E-state index is 0.0268. The molecule has 7 heteroatoms. The van der Waals surface area contributed by atoms with Crippen LogP contribution in [0.4, 0.5) is 13.2 Å². The number of hydrogen-bond donors (Lipinski definition) is 0. The monoisotopic (exact) mass is 377 g/mol. The summed E-state index contributed by atoms with van der Waals surface area (Å²) in [5.74, 6) is -0.0356. The van der Waals surface area contributed by atoms with E-state index in [0.717, 1.165) is 17.2 Å². The largest absolute Gasteiger partial charge is 0.418 e. The summed E-state index contributed by atoms with van der Waals surface area (Å²) >= 11 is 0. The fourth-order valence-electron chi connectivity index (χ4n) is 3.20. The number of carbonyl (C=O) groups is 1. The topological polar surface area (TPSA) is 36.4 Å². The number of hydrogen-bond acceptors (Lipinski definition) is 3. The number of benzene rings is 1. The van der Waals surface area contributed by atoms with Gasteiger partial charge in [0.1, 0.15) is 0 Å². The van der Waals surface area contributed by atoms with Crippen LogP contribution >= 0.6 is 0 Å². The molecule has 4 nitrogen and oxygen atoms in total. The first kappa shape index (κ1) is 19.4. The SMILES string of the molecule is Cc1ccc(C(=O)N2CCN(Cc3ncccc3C(F)(F)F)CC2)cc1C. The normalized spacial score (nSPS) is 15.8. The average molecular weight is 377 g/mol. The van der Waals surface area contributed by atoms with Crippen LogP contribution in [0.5, 0.6) is 0 Å². The van der Waals surface area contributed by atoms with Crippen molar-refractivity contribution in [3.8, 4) is 0 Å². The Kier molecular flexibility index (Phi) is 5.51. The second-order valence-electron chi connectivity index (χ2n) is 6.86. The number of pyridine rings is 1. The van der Waals surface area contributed by atoms with Crippen molar-refractivity contribution in [3.63, 3.8) is 0 Å². The Labute approximate surface area is 156 Å². The highest BCUT2D eigenvalue weighted by Crippen LogP contribution is 2.31. The van der Waals surface area contributed by atoms with Gasteiger partial charge in [0, 0.05) is 44.5 Å². The van der Waals surface area contributed by atoms with Gasteiger partial charge in [0.05, 0.1) is 11.3 Å². The van der Waals surface area contributed by atoms with Gasteiger partial charge in [0.2, 0.25) is 0 Å². The predicted molar refractivity (Wildman–Crippen MR) is 96.3 cm³/mol. The zero-order valence-corrected chi connectivity index (χ0v) is 15.4. The molecule has 2 heterocycles. The summed E-state index contributed by atoms with van der Waals surface area (Å²) in [6.45, 7) is 6.10. The van der Waals surface area contributed by atoms with Gasteiger partial charge in [-0.25, -0.2) is 0 Å². The second-order valence-corrected chi connectivity index (χ2v) is 6.86. The smallest absolute Gasteiger partial charge is 0.336 e. The van der Waals surface area contributed by atoms with Gasteiger partial charge in [0.15, 0.2) is 0 Å². The molecule has 0 aliphatic carbocycles. The molecule has 0 bridgehead atoms. The standard InChI is InChI=1S/C20H22F3N3O/c1-14-5-6-16(12-15(14)2)19(27)26-10-8-25(9-11-26)13-18-17(20(21,22)23)4-3-7-24-18/h3-7,12H,8-11,13H2,1-2H3. The number of nitrogens with zero attached hydrogens (tertiary/aromatic N) is 3. The van der Waals surface area contributed by atoms with Crippen molar-refractivity contribution in [1.82, 2.24) is 14.8 Å². The van der Waals surface area contributed by atoms with E-state index in [1.807, 2.05) is 36.9 Å². The van der Waals surface area contributed by atoms with Crippen LogP contribution in [0, 0.1) is 13.8 Å². The molecule has 2 aromatic rings. The lowest BCUT2D eigenvalue weighted by Gasteiger charge is -2.35. The third kappa shape index (κ3) is 4.47. The van der Waals surface area contributed by atoms with Crippen LogP contribution in [0.15, 0.2) is 36.5 Å². The lowest BCUT2D eigenvalue weighted by atomic mass is 10.1. The maximum atomic E-state index is 13.1. The molecule has 1 aliphatic heterocycles. The molecule has 1 amide bonds. The fraction of sp³-hybridized carbons (Fsp3) is 0.400. The van der Waals surface area contributed by atoms with Crippen LogP contribution in [-0.2, 0) is 12.7 Å². The number of carbonyl (C=O) groups excluding carboxylic acids is 1. The molecule has 0 spiro atoms. The highest BCUT2D eigenvalue weighted by atomic mass is 19.4. The van der Waals surface area contributed by atoms with Crippen molar-refractivity contribution in [2.75, 3.05) is 26.2 Å². The van der Waals surface area contributed by atoms with Gasteiger partial charge in [-0.3, -0.25) is 14.7 Å². The van der Waals surface area contributed by atoms with E-state index in [0.29, 0.717) is 31.7 Å². The van der Waals surface area contributed by atoms with Crippen LogP contribution in [-0.4, -0.2) is 46.9 Å². The van der Waals surface area contributed by atoms with Crippen molar-refractivity contribution in [2.45, 2.75) is 26.6 Å². The molecule has 0 saturated carbocycles. The quantitative estimate of drug-likeness (QED) is 0.819. The second kappa shape index (κ2) is 7.68. The first-order valence-corrected chi connectivity index (χ1v) is 8.85. The molecule has 3 rings (SSSR count). The van der Waals surface area contributed by atoms with Crippen LogP contribution in [0.2, 0.25) is 0 Å². The molecular formula is C20H22F3N3O. The predicted octanol–water partition coefficient (Wildman–Crippen LogP) is 3.68. The fourth-order valence-corrected chi connectivity index (χ4v) is 3.20. The molecule has 0 unspecified atom stereocenters. The Morgan fingerprint density at radius 2 is 1.78 bits per heavy atom. The summed E-state index contributed by atoms with van der Waals surface area (Å²) in [4.78, 5) is 20.2. The molecule has 1 aromatic heterocycles. The highest BCUT2D eigenvalue weighted by molar-refractivity contribution is 5.94. The number of rotatable bonds is 3. The van der Waals surface area contributed by atoms with Gasteiger partial charge in [-0.2, -0.15) is 13.2 Å². The molecule has 1 saturated heterocycles. The third-order valence-corrected chi connectivity index (χ3v) is 4.98. The van der Waals surface area contributed by atoms with Crippen LogP contribution in [0.1, 0.15) is 32.7 Å².